The molecule has 0 radical (unpaired) electrons. The van der Waals surface area contributed by atoms with Crippen LogP contribution in [0, 0.1) is 0 Å². The standard InChI is InChI=1S/C11H11ClO2/c1-2-14-8-7-11(13)9-5-3-4-6-10(9)12/h3-8H,2H2,1H3/b8-7+. The van der Waals surface area contributed by atoms with Crippen LogP contribution in [0.3, 0.4) is 0 Å². The van der Waals surface area contributed by atoms with E-state index in [1.54, 1.807) is 24.3 Å². The zero-order chi connectivity index (χ0) is 10.4. The highest BCUT2D eigenvalue weighted by Gasteiger charge is 2.05. The van der Waals surface area contributed by atoms with Crippen molar-refractivity contribution in [1.82, 2.24) is 0 Å². The van der Waals surface area contributed by atoms with Crippen molar-refractivity contribution >= 4 is 17.4 Å². The second-order valence-electron chi connectivity index (χ2n) is 2.60. The van der Waals surface area contributed by atoms with Crippen LogP contribution in [-0.4, -0.2) is 12.4 Å². The van der Waals surface area contributed by atoms with Crippen molar-refractivity contribution in [2.45, 2.75) is 6.92 Å². The number of hydrogen-bond donors (Lipinski definition) is 0. The summed E-state index contributed by atoms with van der Waals surface area (Å²) >= 11 is 5.84. The summed E-state index contributed by atoms with van der Waals surface area (Å²) in [6.45, 7) is 2.40. The number of ether oxygens (including phenoxy) is 1. The molecule has 0 aromatic heterocycles. The van der Waals surface area contributed by atoms with Gasteiger partial charge in [-0.2, -0.15) is 0 Å². The number of allylic oxidation sites excluding steroid dienone is 1. The SMILES string of the molecule is CCO/C=C/C(=O)c1ccccc1Cl. The van der Waals surface area contributed by atoms with Gasteiger partial charge in [-0.05, 0) is 19.1 Å². The molecular weight excluding hydrogens is 200 g/mol. The van der Waals surface area contributed by atoms with E-state index in [-0.39, 0.29) is 5.78 Å². The molecule has 0 saturated carbocycles. The number of benzene rings is 1. The fourth-order valence-electron chi connectivity index (χ4n) is 0.957. The van der Waals surface area contributed by atoms with Crippen LogP contribution in [-0.2, 0) is 4.74 Å². The topological polar surface area (TPSA) is 26.3 Å². The lowest BCUT2D eigenvalue weighted by atomic mass is 10.1. The van der Waals surface area contributed by atoms with E-state index in [1.165, 1.54) is 12.3 Å². The Labute approximate surface area is 88.1 Å². The van der Waals surface area contributed by atoms with Crippen molar-refractivity contribution in [3.63, 3.8) is 0 Å². The van der Waals surface area contributed by atoms with Gasteiger partial charge in [0, 0.05) is 11.6 Å². The largest absolute Gasteiger partial charge is 0.501 e. The van der Waals surface area contributed by atoms with Crippen LogP contribution in [0.15, 0.2) is 36.6 Å². The Balaban J connectivity index is 2.75. The van der Waals surface area contributed by atoms with Gasteiger partial charge in [-0.25, -0.2) is 0 Å². The van der Waals surface area contributed by atoms with Gasteiger partial charge in [0.05, 0.1) is 17.9 Å². The van der Waals surface area contributed by atoms with Gasteiger partial charge < -0.3 is 4.74 Å². The maximum absolute atomic E-state index is 11.5. The molecule has 0 aliphatic heterocycles. The molecule has 0 bridgehead atoms. The maximum Gasteiger partial charge on any atom is 0.190 e. The number of rotatable bonds is 4. The van der Waals surface area contributed by atoms with Gasteiger partial charge in [-0.1, -0.05) is 23.7 Å². The molecule has 1 aromatic carbocycles. The number of halogens is 1. The lowest BCUT2D eigenvalue weighted by Crippen LogP contribution is -1.95. The van der Waals surface area contributed by atoms with E-state index in [9.17, 15) is 4.79 Å². The van der Waals surface area contributed by atoms with E-state index in [1.807, 2.05) is 6.92 Å². The lowest BCUT2D eigenvalue weighted by Gasteiger charge is -1.98. The van der Waals surface area contributed by atoms with Gasteiger partial charge >= 0.3 is 0 Å². The normalized spacial score (nSPS) is 10.4. The van der Waals surface area contributed by atoms with Crippen molar-refractivity contribution in [1.29, 1.82) is 0 Å². The smallest absolute Gasteiger partial charge is 0.190 e. The van der Waals surface area contributed by atoms with Crippen LogP contribution in [0.2, 0.25) is 5.02 Å². The fourth-order valence-corrected chi connectivity index (χ4v) is 1.19. The Bertz CT molecular complexity index is 345. The molecule has 3 heteroatoms. The molecule has 0 amide bonds. The highest BCUT2D eigenvalue weighted by Crippen LogP contribution is 2.15. The predicted octanol–water partition coefficient (Wildman–Crippen LogP) is 3.07. The van der Waals surface area contributed by atoms with E-state index in [0.29, 0.717) is 17.2 Å². The molecule has 1 rings (SSSR count). The Hall–Kier alpha value is -1.28. The summed E-state index contributed by atoms with van der Waals surface area (Å²) in [6.07, 6.45) is 2.75. The molecule has 0 heterocycles. The lowest BCUT2D eigenvalue weighted by molar-refractivity contribution is 0.104. The van der Waals surface area contributed by atoms with Gasteiger partial charge in [0.15, 0.2) is 5.78 Å². The van der Waals surface area contributed by atoms with E-state index in [0.717, 1.165) is 0 Å². The van der Waals surface area contributed by atoms with E-state index in [2.05, 4.69) is 0 Å². The summed E-state index contributed by atoms with van der Waals surface area (Å²) in [5, 5.41) is 0.457. The summed E-state index contributed by atoms with van der Waals surface area (Å²) in [6, 6.07) is 6.92. The molecular formula is C11H11ClO2. The Morgan fingerprint density at radius 2 is 2.21 bits per heavy atom. The molecule has 0 aliphatic carbocycles. The van der Waals surface area contributed by atoms with E-state index < -0.39 is 0 Å². The van der Waals surface area contributed by atoms with Crippen molar-refractivity contribution in [3.8, 4) is 0 Å². The first-order chi connectivity index (χ1) is 6.75. The van der Waals surface area contributed by atoms with E-state index >= 15 is 0 Å². The Kier molecular flexibility index (Phi) is 4.20. The monoisotopic (exact) mass is 210 g/mol. The molecule has 0 saturated heterocycles. The predicted molar refractivity (Wildman–Crippen MR) is 56.5 cm³/mol. The average molecular weight is 211 g/mol. The van der Waals surface area contributed by atoms with Crippen LogP contribution in [0.1, 0.15) is 17.3 Å². The molecule has 0 aliphatic rings. The number of ketones is 1. The summed E-state index contributed by atoms with van der Waals surface area (Å²) in [7, 11) is 0. The van der Waals surface area contributed by atoms with Crippen LogP contribution in [0.25, 0.3) is 0 Å². The summed E-state index contributed by atoms with van der Waals surface area (Å²) in [4.78, 5) is 11.5. The zero-order valence-corrected chi connectivity index (χ0v) is 8.62. The van der Waals surface area contributed by atoms with Gasteiger partial charge in [-0.15, -0.1) is 0 Å². The molecule has 74 valence electrons. The van der Waals surface area contributed by atoms with Gasteiger partial charge in [0.2, 0.25) is 0 Å². The molecule has 1 aromatic rings. The molecule has 0 atom stereocenters. The minimum Gasteiger partial charge on any atom is -0.501 e. The summed E-state index contributed by atoms with van der Waals surface area (Å²) < 4.78 is 4.92. The number of hydrogen-bond acceptors (Lipinski definition) is 2. The van der Waals surface area contributed by atoms with Gasteiger partial charge in [0.1, 0.15) is 0 Å². The van der Waals surface area contributed by atoms with Crippen LogP contribution in [0.4, 0.5) is 0 Å². The number of carbonyl (C=O) groups is 1. The third-order valence-electron chi connectivity index (χ3n) is 1.62. The molecule has 2 nitrogen and oxygen atoms in total. The van der Waals surface area contributed by atoms with Crippen molar-refractivity contribution in [2.24, 2.45) is 0 Å². The van der Waals surface area contributed by atoms with Crippen molar-refractivity contribution < 1.29 is 9.53 Å². The van der Waals surface area contributed by atoms with Gasteiger partial charge in [-0.3, -0.25) is 4.79 Å². The Morgan fingerprint density at radius 3 is 2.86 bits per heavy atom. The minimum absolute atomic E-state index is 0.149. The minimum atomic E-state index is -0.149. The molecule has 14 heavy (non-hydrogen) atoms. The maximum atomic E-state index is 11.5. The second kappa shape index (κ2) is 5.45. The summed E-state index contributed by atoms with van der Waals surface area (Å²) in [5.74, 6) is -0.149. The quantitative estimate of drug-likeness (QED) is 0.434. The first-order valence-electron chi connectivity index (χ1n) is 4.32. The Morgan fingerprint density at radius 1 is 1.50 bits per heavy atom. The molecule has 0 fully saturated rings. The summed E-state index contributed by atoms with van der Waals surface area (Å²) in [5.41, 5.74) is 0.491. The van der Waals surface area contributed by atoms with Crippen LogP contribution >= 0.6 is 11.6 Å². The average Bonchev–Trinajstić information content (AvgIpc) is 2.18. The van der Waals surface area contributed by atoms with Gasteiger partial charge in [0.25, 0.3) is 0 Å². The third kappa shape index (κ3) is 2.89. The molecule has 0 unspecified atom stereocenters. The fraction of sp³-hybridized carbons (Fsp3) is 0.182. The highest BCUT2D eigenvalue weighted by molar-refractivity contribution is 6.34. The first kappa shape index (κ1) is 10.8. The molecule has 0 spiro atoms. The third-order valence-corrected chi connectivity index (χ3v) is 1.95. The van der Waals surface area contributed by atoms with E-state index in [4.69, 9.17) is 16.3 Å². The van der Waals surface area contributed by atoms with Crippen LogP contribution in [0.5, 0.6) is 0 Å². The number of carbonyl (C=O) groups excluding carboxylic acids is 1. The zero-order valence-electron chi connectivity index (χ0n) is 7.87. The van der Waals surface area contributed by atoms with Crippen molar-refractivity contribution in [3.05, 3.63) is 47.2 Å². The second-order valence-corrected chi connectivity index (χ2v) is 3.01. The van der Waals surface area contributed by atoms with Crippen LogP contribution < -0.4 is 0 Å². The first-order valence-corrected chi connectivity index (χ1v) is 4.70. The van der Waals surface area contributed by atoms with Crippen molar-refractivity contribution in [2.75, 3.05) is 6.61 Å². The molecule has 0 N–H and O–H groups in total. The highest BCUT2D eigenvalue weighted by atomic mass is 35.5.